The Kier molecular flexibility index (Phi) is 5.77. The first kappa shape index (κ1) is 12.6. The second kappa shape index (κ2) is 6.89. The molecule has 0 fully saturated rings. The normalized spacial score (nSPS) is 17.1. The fraction of sp³-hybridized carbons (Fsp3) is 0.750. The molecule has 0 radical (unpaired) electrons. The summed E-state index contributed by atoms with van der Waals surface area (Å²) in [7, 11) is 0. The largest absolute Gasteiger partial charge is 0.331 e. The topological polar surface area (TPSA) is 15.6 Å². The van der Waals surface area contributed by atoms with Crippen LogP contribution in [0.4, 0.5) is 0 Å². The van der Waals surface area contributed by atoms with Gasteiger partial charge >= 0.3 is 0 Å². The molecular weight excluding hydrogens is 208 g/mol. The first-order valence-corrected chi connectivity index (χ1v) is 6.31. The average molecular weight is 229 g/mol. The molecule has 15 heavy (non-hydrogen) atoms. The summed E-state index contributed by atoms with van der Waals surface area (Å²) in [6.07, 6.45) is 6.22. The van der Waals surface area contributed by atoms with Crippen molar-refractivity contribution in [2.24, 2.45) is 4.99 Å². The minimum absolute atomic E-state index is 0.912. The first-order chi connectivity index (χ1) is 7.29. The number of rotatable bonds is 6. The summed E-state index contributed by atoms with van der Waals surface area (Å²) in [5.41, 5.74) is 2.95. The van der Waals surface area contributed by atoms with Gasteiger partial charge in [0.05, 0.1) is 6.54 Å². The van der Waals surface area contributed by atoms with Crippen molar-refractivity contribution < 1.29 is 0 Å². The average Bonchev–Trinajstić information content (AvgIpc) is 2.65. The van der Waals surface area contributed by atoms with E-state index in [9.17, 15) is 0 Å². The van der Waals surface area contributed by atoms with E-state index in [0.717, 1.165) is 25.3 Å². The van der Waals surface area contributed by atoms with Crippen molar-refractivity contribution in [2.75, 3.05) is 13.1 Å². The highest BCUT2D eigenvalue weighted by molar-refractivity contribution is 6.25. The third-order valence-corrected chi connectivity index (χ3v) is 3.07. The van der Waals surface area contributed by atoms with Gasteiger partial charge in [0, 0.05) is 17.8 Å². The number of amidine groups is 1. The lowest BCUT2D eigenvalue weighted by Crippen LogP contribution is -2.24. The highest BCUT2D eigenvalue weighted by Crippen LogP contribution is 2.18. The van der Waals surface area contributed by atoms with Crippen LogP contribution < -0.4 is 0 Å². The van der Waals surface area contributed by atoms with Gasteiger partial charge in [0.1, 0.15) is 5.84 Å². The zero-order valence-electron chi connectivity index (χ0n) is 9.80. The molecule has 0 amide bonds. The Morgan fingerprint density at radius 3 is 2.80 bits per heavy atom. The number of hydrogen-bond acceptors (Lipinski definition) is 2. The standard InChI is InChI=1S/C12H21ClN2/c1-3-4-5-6-7-12(10-13)15-9-8-14-11(15)2/h10H,3-9H2,1-2H3/b12-10-. The van der Waals surface area contributed by atoms with Gasteiger partial charge in [-0.05, 0) is 19.8 Å². The van der Waals surface area contributed by atoms with E-state index >= 15 is 0 Å². The third-order valence-electron chi connectivity index (χ3n) is 2.81. The lowest BCUT2D eigenvalue weighted by Gasteiger charge is -2.21. The maximum absolute atomic E-state index is 5.87. The predicted molar refractivity (Wildman–Crippen MR) is 67.4 cm³/mol. The van der Waals surface area contributed by atoms with Crippen LogP contribution in [0.1, 0.15) is 46.0 Å². The zero-order chi connectivity index (χ0) is 11.1. The molecule has 0 aromatic heterocycles. The minimum Gasteiger partial charge on any atom is -0.331 e. The molecule has 1 aliphatic rings. The molecule has 0 saturated carbocycles. The van der Waals surface area contributed by atoms with Crippen LogP contribution in [0.15, 0.2) is 16.2 Å². The molecule has 0 N–H and O–H groups in total. The molecule has 0 aromatic rings. The number of allylic oxidation sites excluding steroid dienone is 1. The minimum atomic E-state index is 0.912. The maximum atomic E-state index is 5.87. The van der Waals surface area contributed by atoms with Gasteiger partial charge in [-0.1, -0.05) is 37.8 Å². The lowest BCUT2D eigenvalue weighted by molar-refractivity contribution is 0.514. The van der Waals surface area contributed by atoms with Crippen molar-refractivity contribution in [1.82, 2.24) is 4.90 Å². The van der Waals surface area contributed by atoms with Crippen molar-refractivity contribution in [2.45, 2.75) is 46.0 Å². The van der Waals surface area contributed by atoms with Gasteiger partial charge in [-0.3, -0.25) is 4.99 Å². The number of hydrogen-bond donors (Lipinski definition) is 0. The summed E-state index contributed by atoms with van der Waals surface area (Å²) in [6, 6.07) is 0. The second-order valence-corrected chi connectivity index (χ2v) is 4.21. The quantitative estimate of drug-likeness (QED) is 0.632. The van der Waals surface area contributed by atoms with Gasteiger partial charge in [0.25, 0.3) is 0 Å². The van der Waals surface area contributed by atoms with Crippen LogP contribution in [0, 0.1) is 0 Å². The first-order valence-electron chi connectivity index (χ1n) is 5.87. The maximum Gasteiger partial charge on any atom is 0.100 e. The zero-order valence-corrected chi connectivity index (χ0v) is 10.6. The van der Waals surface area contributed by atoms with Gasteiger partial charge in [-0.2, -0.15) is 0 Å². The smallest absolute Gasteiger partial charge is 0.100 e. The third kappa shape index (κ3) is 3.86. The van der Waals surface area contributed by atoms with Crippen LogP contribution in [0.3, 0.4) is 0 Å². The van der Waals surface area contributed by atoms with E-state index in [4.69, 9.17) is 11.6 Å². The summed E-state index contributed by atoms with van der Waals surface area (Å²) >= 11 is 5.87. The number of unbranched alkanes of at least 4 members (excludes halogenated alkanes) is 3. The Labute approximate surface area is 98.0 Å². The van der Waals surface area contributed by atoms with Gasteiger partial charge in [-0.25, -0.2) is 0 Å². The van der Waals surface area contributed by atoms with E-state index in [0.29, 0.717) is 0 Å². The molecule has 0 bridgehead atoms. The van der Waals surface area contributed by atoms with Gasteiger partial charge in [-0.15, -0.1) is 0 Å². The van der Waals surface area contributed by atoms with Crippen molar-refractivity contribution in [3.05, 3.63) is 11.2 Å². The Morgan fingerprint density at radius 2 is 2.27 bits per heavy atom. The van der Waals surface area contributed by atoms with Gasteiger partial charge in [0.2, 0.25) is 0 Å². The molecule has 0 unspecified atom stereocenters. The van der Waals surface area contributed by atoms with E-state index in [1.807, 2.05) is 0 Å². The van der Waals surface area contributed by atoms with Crippen LogP contribution in [-0.2, 0) is 0 Å². The van der Waals surface area contributed by atoms with E-state index in [1.165, 1.54) is 31.4 Å². The molecule has 0 aromatic carbocycles. The van der Waals surface area contributed by atoms with Crippen LogP contribution in [0.25, 0.3) is 0 Å². The fourth-order valence-electron chi connectivity index (χ4n) is 1.89. The molecule has 86 valence electrons. The van der Waals surface area contributed by atoms with Gasteiger partial charge < -0.3 is 4.90 Å². The summed E-state index contributed by atoms with van der Waals surface area (Å²) in [4.78, 5) is 6.61. The molecule has 3 heteroatoms. The van der Waals surface area contributed by atoms with Crippen LogP contribution in [-0.4, -0.2) is 23.8 Å². The fourth-order valence-corrected chi connectivity index (χ4v) is 2.12. The summed E-state index contributed by atoms with van der Waals surface area (Å²) in [5, 5.41) is 0. The van der Waals surface area contributed by atoms with Crippen LogP contribution in [0.5, 0.6) is 0 Å². The lowest BCUT2D eigenvalue weighted by atomic mass is 10.1. The Hall–Kier alpha value is -0.500. The molecule has 1 rings (SSSR count). The van der Waals surface area contributed by atoms with Crippen molar-refractivity contribution >= 4 is 17.4 Å². The molecule has 0 spiro atoms. The Bertz CT molecular complexity index is 246. The molecule has 2 nitrogen and oxygen atoms in total. The van der Waals surface area contributed by atoms with Crippen molar-refractivity contribution in [3.8, 4) is 0 Å². The molecule has 0 saturated heterocycles. The summed E-state index contributed by atoms with van der Waals surface area (Å²) < 4.78 is 0. The van der Waals surface area contributed by atoms with Crippen molar-refractivity contribution in [1.29, 1.82) is 0 Å². The molecule has 1 aliphatic heterocycles. The van der Waals surface area contributed by atoms with E-state index in [2.05, 4.69) is 23.7 Å². The Morgan fingerprint density at radius 1 is 1.47 bits per heavy atom. The monoisotopic (exact) mass is 228 g/mol. The molecule has 0 atom stereocenters. The highest BCUT2D eigenvalue weighted by atomic mass is 35.5. The van der Waals surface area contributed by atoms with Crippen LogP contribution in [0.2, 0.25) is 0 Å². The number of aliphatic imine (C=N–C) groups is 1. The molecule has 0 aliphatic carbocycles. The Balaban J connectivity index is 2.33. The van der Waals surface area contributed by atoms with E-state index in [-0.39, 0.29) is 0 Å². The van der Waals surface area contributed by atoms with Gasteiger partial charge in [0.15, 0.2) is 0 Å². The van der Waals surface area contributed by atoms with Crippen molar-refractivity contribution in [3.63, 3.8) is 0 Å². The highest BCUT2D eigenvalue weighted by Gasteiger charge is 2.15. The van der Waals surface area contributed by atoms with E-state index < -0.39 is 0 Å². The molecular formula is C12H21ClN2. The number of halogens is 1. The summed E-state index contributed by atoms with van der Waals surface area (Å²) in [5.74, 6) is 1.11. The number of nitrogens with zero attached hydrogens (tertiary/aromatic N) is 2. The van der Waals surface area contributed by atoms with Crippen LogP contribution >= 0.6 is 11.6 Å². The van der Waals surface area contributed by atoms with E-state index in [1.54, 1.807) is 5.54 Å². The summed E-state index contributed by atoms with van der Waals surface area (Å²) in [6.45, 7) is 6.20. The molecule has 1 heterocycles. The SMILES string of the molecule is CCCCCC/C(=C/Cl)N1CCN=C1C. The predicted octanol–water partition coefficient (Wildman–Crippen LogP) is 3.77. The second-order valence-electron chi connectivity index (χ2n) is 3.99.